The fourth-order valence-corrected chi connectivity index (χ4v) is 3.26. The molecule has 1 aliphatic rings. The Balaban J connectivity index is 1.79. The highest BCUT2D eigenvalue weighted by Gasteiger charge is 2.36. The Bertz CT molecular complexity index is 749. The van der Waals surface area contributed by atoms with Gasteiger partial charge in [-0.3, -0.25) is 4.90 Å². The van der Waals surface area contributed by atoms with Gasteiger partial charge in [-0.25, -0.2) is 0 Å². The molecule has 1 unspecified atom stereocenters. The minimum atomic E-state index is -0.0499. The third kappa shape index (κ3) is 3.62. The molecule has 2 aromatic rings. The van der Waals surface area contributed by atoms with Gasteiger partial charge in [0.2, 0.25) is 0 Å². The van der Waals surface area contributed by atoms with E-state index in [1.165, 1.54) is 5.56 Å². The quantitative estimate of drug-likeness (QED) is 0.821. The topological polar surface area (TPSA) is 36.3 Å². The Morgan fingerprint density at radius 1 is 1.21 bits per heavy atom. The van der Waals surface area contributed by atoms with Gasteiger partial charge in [-0.1, -0.05) is 41.9 Å². The molecular formula is C20H21ClN2O. The number of rotatable bonds is 3. The second-order valence-corrected chi connectivity index (χ2v) is 7.23. The first kappa shape index (κ1) is 17.0. The van der Waals surface area contributed by atoms with Crippen LogP contribution < -0.4 is 0 Å². The molecule has 0 radical (unpaired) electrons. The Kier molecular flexibility index (Phi) is 4.91. The maximum Gasteiger partial charge on any atom is 0.0991 e. The number of benzene rings is 2. The average molecular weight is 341 g/mol. The molecule has 1 aliphatic heterocycles. The molecule has 1 heterocycles. The Hall–Kier alpha value is -1.86. The monoisotopic (exact) mass is 340 g/mol. The lowest BCUT2D eigenvalue weighted by Gasteiger charge is -2.45. The van der Waals surface area contributed by atoms with Crippen molar-refractivity contribution in [1.82, 2.24) is 4.90 Å². The fourth-order valence-electron chi connectivity index (χ4n) is 3.00. The molecule has 0 aromatic heterocycles. The van der Waals surface area contributed by atoms with Gasteiger partial charge in [-0.05, 0) is 37.6 Å². The van der Waals surface area contributed by atoms with Crippen LogP contribution in [0.2, 0.25) is 5.02 Å². The first-order valence-corrected chi connectivity index (χ1v) is 8.47. The number of hydrogen-bond donors (Lipinski definition) is 0. The highest BCUT2D eigenvalue weighted by molar-refractivity contribution is 6.31. The minimum absolute atomic E-state index is 0.0230. The second kappa shape index (κ2) is 6.94. The van der Waals surface area contributed by atoms with Crippen molar-refractivity contribution in [2.45, 2.75) is 32.0 Å². The molecule has 2 aromatic carbocycles. The molecule has 0 aliphatic carbocycles. The summed E-state index contributed by atoms with van der Waals surface area (Å²) in [5, 5.41) is 9.68. The number of nitrogens with zero attached hydrogens (tertiary/aromatic N) is 2. The molecular weight excluding hydrogens is 320 g/mol. The van der Waals surface area contributed by atoms with E-state index in [0.717, 1.165) is 23.7 Å². The van der Waals surface area contributed by atoms with Crippen LogP contribution in [-0.2, 0) is 11.3 Å². The van der Waals surface area contributed by atoms with Crippen LogP contribution in [0.5, 0.6) is 0 Å². The van der Waals surface area contributed by atoms with Gasteiger partial charge < -0.3 is 4.74 Å². The van der Waals surface area contributed by atoms with Gasteiger partial charge in [0.1, 0.15) is 0 Å². The standard InChI is InChI=1S/C20H21ClN2O/c1-20(2)14-24-19(17-5-3-4-6-18(17)21)13-23(20)12-16-9-7-15(11-22)8-10-16/h3-10,19H,12-14H2,1-2H3. The summed E-state index contributed by atoms with van der Waals surface area (Å²) in [6.45, 7) is 6.65. The van der Waals surface area contributed by atoms with E-state index < -0.39 is 0 Å². The van der Waals surface area contributed by atoms with Crippen LogP contribution >= 0.6 is 11.6 Å². The molecule has 1 fully saturated rings. The van der Waals surface area contributed by atoms with Gasteiger partial charge >= 0.3 is 0 Å². The van der Waals surface area contributed by atoms with Crippen molar-refractivity contribution in [3.63, 3.8) is 0 Å². The summed E-state index contributed by atoms with van der Waals surface area (Å²) in [5.41, 5.74) is 2.88. The van der Waals surface area contributed by atoms with Crippen LogP contribution in [0.25, 0.3) is 0 Å². The molecule has 0 spiro atoms. The number of halogens is 1. The Morgan fingerprint density at radius 3 is 2.58 bits per heavy atom. The van der Waals surface area contributed by atoms with E-state index in [0.29, 0.717) is 12.2 Å². The molecule has 0 saturated carbocycles. The molecule has 0 N–H and O–H groups in total. The van der Waals surface area contributed by atoms with Crippen LogP contribution in [0.3, 0.4) is 0 Å². The fraction of sp³-hybridized carbons (Fsp3) is 0.350. The lowest BCUT2D eigenvalue weighted by atomic mass is 9.97. The van der Waals surface area contributed by atoms with Crippen molar-refractivity contribution < 1.29 is 4.74 Å². The SMILES string of the molecule is CC1(C)COC(c2ccccc2Cl)CN1Cc1ccc(C#N)cc1. The minimum Gasteiger partial charge on any atom is -0.370 e. The maximum absolute atomic E-state index is 8.93. The smallest absolute Gasteiger partial charge is 0.0991 e. The lowest BCUT2D eigenvalue weighted by molar-refractivity contribution is -0.104. The highest BCUT2D eigenvalue weighted by atomic mass is 35.5. The molecule has 3 rings (SSSR count). The van der Waals surface area contributed by atoms with Crippen molar-refractivity contribution in [2.24, 2.45) is 0 Å². The molecule has 24 heavy (non-hydrogen) atoms. The van der Waals surface area contributed by atoms with Crippen molar-refractivity contribution in [1.29, 1.82) is 5.26 Å². The van der Waals surface area contributed by atoms with Crippen LogP contribution in [0.4, 0.5) is 0 Å². The molecule has 0 bridgehead atoms. The Labute approximate surface area is 148 Å². The van der Waals surface area contributed by atoms with E-state index in [4.69, 9.17) is 21.6 Å². The van der Waals surface area contributed by atoms with Gasteiger partial charge in [0.25, 0.3) is 0 Å². The summed E-state index contributed by atoms with van der Waals surface area (Å²) in [7, 11) is 0. The zero-order valence-electron chi connectivity index (χ0n) is 14.0. The number of hydrogen-bond acceptors (Lipinski definition) is 3. The van der Waals surface area contributed by atoms with E-state index in [1.807, 2.05) is 48.5 Å². The van der Waals surface area contributed by atoms with E-state index in [2.05, 4.69) is 24.8 Å². The summed E-state index contributed by atoms with van der Waals surface area (Å²) in [6.07, 6.45) is -0.0230. The first-order chi connectivity index (χ1) is 11.5. The molecule has 1 atom stereocenters. The predicted molar refractivity (Wildman–Crippen MR) is 95.8 cm³/mol. The van der Waals surface area contributed by atoms with Crippen molar-refractivity contribution >= 4 is 11.6 Å². The van der Waals surface area contributed by atoms with Gasteiger partial charge in [-0.2, -0.15) is 5.26 Å². The molecule has 1 saturated heterocycles. The number of nitriles is 1. The summed E-state index contributed by atoms with van der Waals surface area (Å²) >= 11 is 6.34. The summed E-state index contributed by atoms with van der Waals surface area (Å²) < 4.78 is 6.10. The molecule has 4 heteroatoms. The van der Waals surface area contributed by atoms with Gasteiger partial charge in [0.15, 0.2) is 0 Å². The van der Waals surface area contributed by atoms with E-state index in [1.54, 1.807) is 0 Å². The Morgan fingerprint density at radius 2 is 1.92 bits per heavy atom. The van der Waals surface area contributed by atoms with E-state index in [9.17, 15) is 0 Å². The normalized spacial score (nSPS) is 20.5. The third-order valence-electron chi connectivity index (χ3n) is 4.59. The zero-order valence-corrected chi connectivity index (χ0v) is 14.8. The van der Waals surface area contributed by atoms with Crippen molar-refractivity contribution in [3.8, 4) is 6.07 Å². The van der Waals surface area contributed by atoms with Gasteiger partial charge in [0, 0.05) is 29.2 Å². The molecule has 0 amide bonds. The predicted octanol–water partition coefficient (Wildman–Crippen LogP) is 4.56. The summed E-state index contributed by atoms with van der Waals surface area (Å²) in [6, 6.07) is 17.8. The largest absolute Gasteiger partial charge is 0.370 e. The average Bonchev–Trinajstić information content (AvgIpc) is 2.58. The number of morpholine rings is 1. The summed E-state index contributed by atoms with van der Waals surface area (Å²) in [4.78, 5) is 2.42. The molecule has 3 nitrogen and oxygen atoms in total. The van der Waals surface area contributed by atoms with E-state index in [-0.39, 0.29) is 11.6 Å². The van der Waals surface area contributed by atoms with Crippen molar-refractivity contribution in [3.05, 3.63) is 70.2 Å². The molecule has 124 valence electrons. The highest BCUT2D eigenvalue weighted by Crippen LogP contribution is 2.34. The van der Waals surface area contributed by atoms with E-state index >= 15 is 0 Å². The second-order valence-electron chi connectivity index (χ2n) is 6.82. The van der Waals surface area contributed by atoms with Gasteiger partial charge in [-0.15, -0.1) is 0 Å². The van der Waals surface area contributed by atoms with Crippen LogP contribution in [0, 0.1) is 11.3 Å². The summed E-state index contributed by atoms with van der Waals surface area (Å²) in [5.74, 6) is 0. The third-order valence-corrected chi connectivity index (χ3v) is 4.93. The number of ether oxygens (including phenoxy) is 1. The van der Waals surface area contributed by atoms with Crippen molar-refractivity contribution in [2.75, 3.05) is 13.2 Å². The first-order valence-electron chi connectivity index (χ1n) is 8.10. The van der Waals surface area contributed by atoms with Crippen LogP contribution in [0.15, 0.2) is 48.5 Å². The van der Waals surface area contributed by atoms with Gasteiger partial charge in [0.05, 0.1) is 24.3 Å². The van der Waals surface area contributed by atoms with Crippen LogP contribution in [0.1, 0.15) is 36.6 Å². The lowest BCUT2D eigenvalue weighted by Crippen LogP contribution is -2.53. The maximum atomic E-state index is 8.93. The van der Waals surface area contributed by atoms with Crippen LogP contribution in [-0.4, -0.2) is 23.6 Å². The zero-order chi connectivity index (χ0) is 17.2.